The van der Waals surface area contributed by atoms with Gasteiger partial charge in [-0.25, -0.2) is 4.98 Å². The number of nitrogens with one attached hydrogen (secondary N) is 1. The fourth-order valence-corrected chi connectivity index (χ4v) is 1.64. The Hall–Kier alpha value is -1.60. The van der Waals surface area contributed by atoms with Crippen molar-refractivity contribution >= 4 is 5.82 Å². The Morgan fingerprint density at radius 3 is 3.27 bits per heavy atom. The molecule has 0 amide bonds. The van der Waals surface area contributed by atoms with Gasteiger partial charge in [-0.3, -0.25) is 0 Å². The minimum atomic E-state index is 0.320. The van der Waals surface area contributed by atoms with Crippen molar-refractivity contribution in [3.05, 3.63) is 23.9 Å². The smallest absolute Gasteiger partial charge is 0.127 e. The normalized spacial score (nSPS) is 20.6. The molecule has 1 N–H and O–H groups in total. The Kier molecular flexibility index (Phi) is 3.15. The summed E-state index contributed by atoms with van der Waals surface area (Å²) in [7, 11) is 0. The highest BCUT2D eigenvalue weighted by molar-refractivity contribution is 5.43. The lowest BCUT2D eigenvalue weighted by Gasteiger charge is -2.23. The van der Waals surface area contributed by atoms with Crippen LogP contribution in [0.25, 0.3) is 0 Å². The lowest BCUT2D eigenvalue weighted by Crippen LogP contribution is -2.30. The summed E-state index contributed by atoms with van der Waals surface area (Å²) in [5.41, 5.74) is 0.629. The zero-order valence-corrected chi connectivity index (χ0v) is 8.44. The zero-order valence-electron chi connectivity index (χ0n) is 8.44. The largest absolute Gasteiger partial charge is 0.379 e. The number of ether oxygens (including phenoxy) is 1. The lowest BCUT2D eigenvalue weighted by molar-refractivity contribution is 0.0875. The van der Waals surface area contributed by atoms with Crippen LogP contribution in [0.15, 0.2) is 18.3 Å². The average molecular weight is 203 g/mol. The van der Waals surface area contributed by atoms with Crippen LogP contribution in [0.2, 0.25) is 0 Å². The van der Waals surface area contributed by atoms with Gasteiger partial charge in [-0.1, -0.05) is 0 Å². The third kappa shape index (κ3) is 2.67. The summed E-state index contributed by atoms with van der Waals surface area (Å²) in [5, 5.41) is 12.0. The van der Waals surface area contributed by atoms with Crippen molar-refractivity contribution in [2.75, 3.05) is 18.5 Å². The van der Waals surface area contributed by atoms with E-state index in [2.05, 4.69) is 16.4 Å². The molecule has 4 nitrogen and oxygen atoms in total. The first-order valence-corrected chi connectivity index (χ1v) is 5.09. The van der Waals surface area contributed by atoms with Crippen LogP contribution in [0.3, 0.4) is 0 Å². The first-order valence-electron chi connectivity index (χ1n) is 5.09. The van der Waals surface area contributed by atoms with Gasteiger partial charge in [-0.15, -0.1) is 0 Å². The van der Waals surface area contributed by atoms with E-state index >= 15 is 0 Å². The molecule has 1 fully saturated rings. The highest BCUT2D eigenvalue weighted by Gasteiger charge is 2.13. The maximum Gasteiger partial charge on any atom is 0.127 e. The number of anilines is 1. The molecule has 1 atom stereocenters. The molecule has 0 aromatic carbocycles. The molecule has 1 aromatic rings. The van der Waals surface area contributed by atoms with E-state index in [0.717, 1.165) is 31.9 Å². The van der Waals surface area contributed by atoms with Gasteiger partial charge in [0, 0.05) is 12.8 Å². The van der Waals surface area contributed by atoms with Gasteiger partial charge < -0.3 is 10.1 Å². The third-order valence-electron chi connectivity index (χ3n) is 2.40. The molecule has 1 aliphatic rings. The first-order chi connectivity index (χ1) is 7.38. The molecule has 2 heterocycles. The highest BCUT2D eigenvalue weighted by Crippen LogP contribution is 2.13. The Labute approximate surface area is 88.9 Å². The van der Waals surface area contributed by atoms with E-state index in [4.69, 9.17) is 10.00 Å². The van der Waals surface area contributed by atoms with E-state index in [1.54, 1.807) is 18.3 Å². The zero-order chi connectivity index (χ0) is 10.5. The molecule has 4 heteroatoms. The van der Waals surface area contributed by atoms with Crippen molar-refractivity contribution in [1.29, 1.82) is 5.26 Å². The van der Waals surface area contributed by atoms with Crippen LogP contribution in [-0.4, -0.2) is 24.2 Å². The Morgan fingerprint density at radius 1 is 1.60 bits per heavy atom. The van der Waals surface area contributed by atoms with Crippen LogP contribution < -0.4 is 5.32 Å². The number of rotatable bonds is 2. The molecule has 0 aliphatic carbocycles. The standard InChI is InChI=1S/C11H13N3O/c12-7-9-3-4-13-11(6-9)14-10-2-1-5-15-8-10/h3-4,6,10H,1-2,5,8H2,(H,13,14). The summed E-state index contributed by atoms with van der Waals surface area (Å²) < 4.78 is 5.36. The fourth-order valence-electron chi connectivity index (χ4n) is 1.64. The second-order valence-electron chi connectivity index (χ2n) is 3.60. The molecule has 1 saturated heterocycles. The summed E-state index contributed by atoms with van der Waals surface area (Å²) in [6, 6.07) is 5.87. The number of aromatic nitrogens is 1. The Balaban J connectivity index is 2.00. The number of nitrogens with zero attached hydrogens (tertiary/aromatic N) is 2. The third-order valence-corrected chi connectivity index (χ3v) is 2.40. The summed E-state index contributed by atoms with van der Waals surface area (Å²) in [5.74, 6) is 0.754. The molecule has 1 aliphatic heterocycles. The second-order valence-corrected chi connectivity index (χ2v) is 3.60. The van der Waals surface area contributed by atoms with E-state index in [1.807, 2.05) is 0 Å². The summed E-state index contributed by atoms with van der Waals surface area (Å²) in [6.07, 6.45) is 3.82. The molecule has 0 spiro atoms. The summed E-state index contributed by atoms with van der Waals surface area (Å²) in [6.45, 7) is 1.57. The minimum absolute atomic E-state index is 0.320. The van der Waals surface area contributed by atoms with Crippen molar-refractivity contribution in [2.24, 2.45) is 0 Å². The summed E-state index contributed by atoms with van der Waals surface area (Å²) in [4.78, 5) is 4.16. The van der Waals surface area contributed by atoms with Gasteiger partial charge in [0.15, 0.2) is 0 Å². The van der Waals surface area contributed by atoms with E-state index in [9.17, 15) is 0 Å². The van der Waals surface area contributed by atoms with Gasteiger partial charge in [0.2, 0.25) is 0 Å². The minimum Gasteiger partial charge on any atom is -0.379 e. The van der Waals surface area contributed by atoms with E-state index in [-0.39, 0.29) is 0 Å². The molecular weight excluding hydrogens is 190 g/mol. The molecular formula is C11H13N3O. The van der Waals surface area contributed by atoms with Crippen LogP contribution in [-0.2, 0) is 4.74 Å². The van der Waals surface area contributed by atoms with Gasteiger partial charge >= 0.3 is 0 Å². The molecule has 15 heavy (non-hydrogen) atoms. The maximum absolute atomic E-state index is 8.74. The molecule has 1 unspecified atom stereocenters. The van der Waals surface area contributed by atoms with E-state index in [1.165, 1.54) is 0 Å². The van der Waals surface area contributed by atoms with Gasteiger partial charge in [-0.05, 0) is 25.0 Å². The first kappa shape index (κ1) is 9.94. The highest BCUT2D eigenvalue weighted by atomic mass is 16.5. The van der Waals surface area contributed by atoms with E-state index < -0.39 is 0 Å². The monoisotopic (exact) mass is 203 g/mol. The predicted molar refractivity (Wildman–Crippen MR) is 56.4 cm³/mol. The molecule has 1 aromatic heterocycles. The van der Waals surface area contributed by atoms with Crippen molar-refractivity contribution in [1.82, 2.24) is 4.98 Å². The van der Waals surface area contributed by atoms with Crippen LogP contribution >= 0.6 is 0 Å². The van der Waals surface area contributed by atoms with Gasteiger partial charge in [0.25, 0.3) is 0 Å². The van der Waals surface area contributed by atoms with Crippen LogP contribution in [0.5, 0.6) is 0 Å². The lowest BCUT2D eigenvalue weighted by atomic mass is 10.1. The van der Waals surface area contributed by atoms with Crippen LogP contribution in [0.1, 0.15) is 18.4 Å². The number of hydrogen-bond donors (Lipinski definition) is 1. The van der Waals surface area contributed by atoms with Gasteiger partial charge in [0.1, 0.15) is 5.82 Å². The van der Waals surface area contributed by atoms with Crippen molar-refractivity contribution in [2.45, 2.75) is 18.9 Å². The molecule has 0 bridgehead atoms. The molecule has 2 rings (SSSR count). The topological polar surface area (TPSA) is 57.9 Å². The predicted octanol–water partition coefficient (Wildman–Crippen LogP) is 1.54. The van der Waals surface area contributed by atoms with Crippen LogP contribution in [0.4, 0.5) is 5.82 Å². The van der Waals surface area contributed by atoms with Crippen molar-refractivity contribution in [3.8, 4) is 6.07 Å². The van der Waals surface area contributed by atoms with Crippen LogP contribution in [0, 0.1) is 11.3 Å². The van der Waals surface area contributed by atoms with Gasteiger partial charge in [-0.2, -0.15) is 5.26 Å². The number of hydrogen-bond acceptors (Lipinski definition) is 4. The SMILES string of the molecule is N#Cc1ccnc(NC2CCCOC2)c1. The van der Waals surface area contributed by atoms with E-state index in [0.29, 0.717) is 11.6 Å². The molecule has 78 valence electrons. The summed E-state index contributed by atoms with van der Waals surface area (Å²) >= 11 is 0. The second kappa shape index (κ2) is 4.76. The fraction of sp³-hybridized carbons (Fsp3) is 0.455. The van der Waals surface area contributed by atoms with Gasteiger partial charge in [0.05, 0.1) is 24.3 Å². The average Bonchev–Trinajstić information content (AvgIpc) is 2.31. The quantitative estimate of drug-likeness (QED) is 0.792. The molecule has 0 saturated carbocycles. The maximum atomic E-state index is 8.74. The van der Waals surface area contributed by atoms with Crippen molar-refractivity contribution < 1.29 is 4.74 Å². The number of nitriles is 1. The Morgan fingerprint density at radius 2 is 2.53 bits per heavy atom. The Bertz CT molecular complexity index is 366. The molecule has 0 radical (unpaired) electrons. The van der Waals surface area contributed by atoms with Crippen molar-refractivity contribution in [3.63, 3.8) is 0 Å². The number of pyridine rings is 1.